The van der Waals surface area contributed by atoms with Gasteiger partial charge >= 0.3 is 0 Å². The van der Waals surface area contributed by atoms with E-state index < -0.39 is 0 Å². The van der Waals surface area contributed by atoms with E-state index in [4.69, 9.17) is 15.0 Å². The lowest BCUT2D eigenvalue weighted by molar-refractivity contribution is 0.666. The van der Waals surface area contributed by atoms with Crippen LogP contribution < -0.4 is 0 Å². The predicted molar refractivity (Wildman–Crippen MR) is 202 cm³/mol. The zero-order chi connectivity index (χ0) is 33.0. The van der Waals surface area contributed by atoms with Crippen LogP contribution in [0.1, 0.15) is 25.0 Å². The van der Waals surface area contributed by atoms with Gasteiger partial charge in [0.15, 0.2) is 17.5 Å². The van der Waals surface area contributed by atoms with Crippen LogP contribution >= 0.6 is 0 Å². The summed E-state index contributed by atoms with van der Waals surface area (Å²) in [6, 6.07) is 57.8. The van der Waals surface area contributed by atoms with Crippen LogP contribution in [0.2, 0.25) is 0 Å². The van der Waals surface area contributed by atoms with Gasteiger partial charge in [-0.2, -0.15) is 0 Å². The van der Waals surface area contributed by atoms with Crippen LogP contribution in [0.15, 0.2) is 164 Å². The Morgan fingerprint density at radius 1 is 0.347 bits per heavy atom. The Morgan fingerprint density at radius 3 is 1.47 bits per heavy atom. The number of rotatable bonds is 5. The van der Waals surface area contributed by atoms with Gasteiger partial charge in [-0.15, -0.1) is 0 Å². The van der Waals surface area contributed by atoms with Gasteiger partial charge in [0.05, 0.1) is 0 Å². The van der Waals surface area contributed by atoms with Gasteiger partial charge < -0.3 is 0 Å². The molecule has 0 amide bonds. The second-order valence-electron chi connectivity index (χ2n) is 13.3. The average Bonchev–Trinajstić information content (AvgIpc) is 3.41. The number of benzene rings is 7. The molecule has 3 heteroatoms. The molecule has 0 atom stereocenters. The molecule has 8 aromatic rings. The average molecular weight is 628 g/mol. The second-order valence-corrected chi connectivity index (χ2v) is 13.3. The third kappa shape index (κ3) is 4.94. The van der Waals surface area contributed by atoms with Crippen LogP contribution in [0.5, 0.6) is 0 Å². The molecule has 0 saturated heterocycles. The summed E-state index contributed by atoms with van der Waals surface area (Å²) in [7, 11) is 0. The molecule has 1 aromatic heterocycles. The number of aromatic nitrogens is 3. The molecule has 0 aliphatic heterocycles. The van der Waals surface area contributed by atoms with Crippen molar-refractivity contribution < 1.29 is 0 Å². The monoisotopic (exact) mass is 627 g/mol. The van der Waals surface area contributed by atoms with E-state index in [-0.39, 0.29) is 5.41 Å². The Hall–Kier alpha value is -6.19. The Bertz CT molecular complexity index is 2480. The standard InChI is InChI=1S/C46H33N3/c1-46(2)41-21-13-12-20-37(41)39-29-40(36-27-26-35(28-38(36)42(39)46)31-16-8-4-9-17-31)45-48-43(33-18-10-5-11-19-33)47-44(49-45)34-24-22-32(23-25-34)30-14-6-3-7-15-30/h3-29H,1-2H3. The smallest absolute Gasteiger partial charge is 0.164 e. The maximum absolute atomic E-state index is 5.23. The van der Waals surface area contributed by atoms with Gasteiger partial charge in [-0.05, 0) is 67.4 Å². The number of fused-ring (bicyclic) bond motifs is 5. The fourth-order valence-electron chi connectivity index (χ4n) is 7.49. The molecule has 3 nitrogen and oxygen atoms in total. The summed E-state index contributed by atoms with van der Waals surface area (Å²) in [5.74, 6) is 1.97. The molecule has 1 aliphatic rings. The highest BCUT2D eigenvalue weighted by molar-refractivity contribution is 6.06. The maximum atomic E-state index is 5.23. The third-order valence-electron chi connectivity index (χ3n) is 9.92. The lowest BCUT2D eigenvalue weighted by Gasteiger charge is -2.24. The van der Waals surface area contributed by atoms with Crippen molar-refractivity contribution in [1.82, 2.24) is 15.0 Å². The van der Waals surface area contributed by atoms with E-state index in [0.29, 0.717) is 17.5 Å². The first-order valence-corrected chi connectivity index (χ1v) is 16.8. The lowest BCUT2D eigenvalue weighted by atomic mass is 9.79. The third-order valence-corrected chi connectivity index (χ3v) is 9.92. The van der Waals surface area contributed by atoms with Gasteiger partial charge in [0, 0.05) is 22.1 Å². The van der Waals surface area contributed by atoms with E-state index in [2.05, 4.69) is 153 Å². The topological polar surface area (TPSA) is 38.7 Å². The highest BCUT2D eigenvalue weighted by atomic mass is 15.0. The molecule has 7 aromatic carbocycles. The van der Waals surface area contributed by atoms with E-state index in [0.717, 1.165) is 27.6 Å². The molecular formula is C46H33N3. The van der Waals surface area contributed by atoms with Crippen LogP contribution in [-0.2, 0) is 5.41 Å². The fourth-order valence-corrected chi connectivity index (χ4v) is 7.49. The molecular weight excluding hydrogens is 595 g/mol. The largest absolute Gasteiger partial charge is 0.208 e. The minimum Gasteiger partial charge on any atom is -0.208 e. The van der Waals surface area contributed by atoms with Crippen LogP contribution in [0.25, 0.3) is 78.3 Å². The van der Waals surface area contributed by atoms with Crippen molar-refractivity contribution in [3.05, 3.63) is 175 Å². The zero-order valence-corrected chi connectivity index (χ0v) is 27.4. The summed E-state index contributed by atoms with van der Waals surface area (Å²) in [6.45, 7) is 4.69. The summed E-state index contributed by atoms with van der Waals surface area (Å²) in [6.07, 6.45) is 0. The molecule has 0 N–H and O–H groups in total. The lowest BCUT2D eigenvalue weighted by Crippen LogP contribution is -2.15. The van der Waals surface area contributed by atoms with Crippen LogP contribution in [0, 0.1) is 0 Å². The SMILES string of the molecule is CC1(C)c2ccccc2-c2cc(-c3nc(-c4ccccc4)nc(-c4ccc(-c5ccccc5)cc4)n3)c3ccc(-c4ccccc4)cc3c21. The van der Waals surface area contributed by atoms with Gasteiger partial charge in [0.25, 0.3) is 0 Å². The highest BCUT2D eigenvalue weighted by Gasteiger charge is 2.37. The summed E-state index contributed by atoms with van der Waals surface area (Å²) in [5.41, 5.74) is 12.7. The maximum Gasteiger partial charge on any atom is 0.164 e. The van der Waals surface area contributed by atoms with Gasteiger partial charge in [-0.25, -0.2) is 15.0 Å². The second kappa shape index (κ2) is 11.5. The summed E-state index contributed by atoms with van der Waals surface area (Å²) < 4.78 is 0. The first kappa shape index (κ1) is 29.0. The molecule has 0 unspecified atom stereocenters. The molecule has 0 fully saturated rings. The van der Waals surface area contributed by atoms with Gasteiger partial charge in [-0.3, -0.25) is 0 Å². The van der Waals surface area contributed by atoms with Gasteiger partial charge in [0.1, 0.15) is 0 Å². The van der Waals surface area contributed by atoms with Crippen molar-refractivity contribution >= 4 is 10.8 Å². The van der Waals surface area contributed by atoms with Crippen molar-refractivity contribution in [3.63, 3.8) is 0 Å². The van der Waals surface area contributed by atoms with Gasteiger partial charge in [-0.1, -0.05) is 166 Å². The van der Waals surface area contributed by atoms with E-state index in [1.807, 2.05) is 24.3 Å². The van der Waals surface area contributed by atoms with Crippen LogP contribution in [0.3, 0.4) is 0 Å². The van der Waals surface area contributed by atoms with E-state index in [9.17, 15) is 0 Å². The number of hydrogen-bond donors (Lipinski definition) is 0. The van der Waals surface area contributed by atoms with Crippen molar-refractivity contribution in [3.8, 4) is 67.5 Å². The number of hydrogen-bond acceptors (Lipinski definition) is 3. The van der Waals surface area contributed by atoms with Gasteiger partial charge in [0.2, 0.25) is 0 Å². The van der Waals surface area contributed by atoms with Crippen LogP contribution in [0.4, 0.5) is 0 Å². The minimum absolute atomic E-state index is 0.169. The zero-order valence-electron chi connectivity index (χ0n) is 27.4. The minimum atomic E-state index is -0.169. The highest BCUT2D eigenvalue weighted by Crippen LogP contribution is 2.53. The number of nitrogens with zero attached hydrogens (tertiary/aromatic N) is 3. The summed E-state index contributed by atoms with van der Waals surface area (Å²) in [4.78, 5) is 15.5. The van der Waals surface area contributed by atoms with Crippen molar-refractivity contribution in [2.75, 3.05) is 0 Å². The quantitative estimate of drug-likeness (QED) is 0.191. The first-order chi connectivity index (χ1) is 24.0. The molecule has 232 valence electrons. The molecule has 0 bridgehead atoms. The molecule has 0 radical (unpaired) electrons. The van der Waals surface area contributed by atoms with Crippen LogP contribution in [-0.4, -0.2) is 15.0 Å². The van der Waals surface area contributed by atoms with Crippen molar-refractivity contribution in [2.24, 2.45) is 0 Å². The Kier molecular flexibility index (Phi) is 6.80. The molecule has 1 aliphatic carbocycles. The first-order valence-electron chi connectivity index (χ1n) is 16.8. The summed E-state index contributed by atoms with van der Waals surface area (Å²) >= 11 is 0. The molecule has 0 saturated carbocycles. The van der Waals surface area contributed by atoms with E-state index in [1.165, 1.54) is 44.3 Å². The van der Waals surface area contributed by atoms with E-state index in [1.54, 1.807) is 0 Å². The normalized spacial score (nSPS) is 12.9. The van der Waals surface area contributed by atoms with Crippen molar-refractivity contribution in [2.45, 2.75) is 19.3 Å². The fraction of sp³-hybridized carbons (Fsp3) is 0.0652. The van der Waals surface area contributed by atoms with E-state index >= 15 is 0 Å². The Balaban J connectivity index is 1.30. The summed E-state index contributed by atoms with van der Waals surface area (Å²) in [5, 5.41) is 2.36. The Labute approximate surface area is 286 Å². The molecule has 49 heavy (non-hydrogen) atoms. The molecule has 1 heterocycles. The Morgan fingerprint density at radius 2 is 0.816 bits per heavy atom. The van der Waals surface area contributed by atoms with Crippen molar-refractivity contribution in [1.29, 1.82) is 0 Å². The molecule has 0 spiro atoms. The molecule has 9 rings (SSSR count). The predicted octanol–water partition coefficient (Wildman–Crippen LogP) is 11.7.